The maximum absolute atomic E-state index is 6.22. The van der Waals surface area contributed by atoms with Gasteiger partial charge in [0.1, 0.15) is 0 Å². The van der Waals surface area contributed by atoms with Gasteiger partial charge in [0.2, 0.25) is 0 Å². The lowest BCUT2D eigenvalue weighted by molar-refractivity contribution is 0.280. The molecule has 0 aliphatic heterocycles. The molecule has 1 aliphatic carbocycles. The van der Waals surface area contributed by atoms with E-state index in [9.17, 15) is 0 Å². The molecule has 4 aromatic rings. The molecule has 0 radical (unpaired) electrons. The van der Waals surface area contributed by atoms with Gasteiger partial charge < -0.3 is 11.5 Å². The van der Waals surface area contributed by atoms with Crippen molar-refractivity contribution in [3.05, 3.63) is 129 Å². The first-order valence-electron chi connectivity index (χ1n) is 15.8. The Kier molecular flexibility index (Phi) is 9.18. The van der Waals surface area contributed by atoms with Gasteiger partial charge in [0.15, 0.2) is 0 Å². The Balaban J connectivity index is 1.37. The van der Waals surface area contributed by atoms with Gasteiger partial charge in [-0.05, 0) is 114 Å². The fourth-order valence-electron chi connectivity index (χ4n) is 6.86. The smallest absolute Gasteiger partial charge is 0.0346 e. The number of benzene rings is 4. The second-order valence-corrected chi connectivity index (χ2v) is 12.6. The first-order chi connectivity index (χ1) is 19.9. The van der Waals surface area contributed by atoms with Crippen molar-refractivity contribution in [1.82, 2.24) is 0 Å². The molecule has 214 valence electrons. The SMILES string of the molecule is CCCc1cc(Cc2ccc(C3(c4ccc(Cc5ccc(N)c(CCC)c5)cc4)CCC(C)CC3)cc2)ccc1N. The summed E-state index contributed by atoms with van der Waals surface area (Å²) >= 11 is 0. The van der Waals surface area contributed by atoms with E-state index < -0.39 is 0 Å². The van der Waals surface area contributed by atoms with Crippen LogP contribution in [0.25, 0.3) is 0 Å². The maximum Gasteiger partial charge on any atom is 0.0346 e. The predicted octanol–water partition coefficient (Wildman–Crippen LogP) is 9.43. The van der Waals surface area contributed by atoms with Crippen molar-refractivity contribution in [3.8, 4) is 0 Å². The average Bonchev–Trinajstić information content (AvgIpc) is 2.98. The van der Waals surface area contributed by atoms with Crippen LogP contribution in [0.4, 0.5) is 11.4 Å². The number of nitrogen functional groups attached to an aromatic ring is 2. The van der Waals surface area contributed by atoms with Crippen LogP contribution in [0.3, 0.4) is 0 Å². The summed E-state index contributed by atoms with van der Waals surface area (Å²) in [7, 11) is 0. The molecule has 0 amide bonds. The minimum absolute atomic E-state index is 0.0918. The van der Waals surface area contributed by atoms with Crippen LogP contribution < -0.4 is 11.5 Å². The Hall–Kier alpha value is -3.52. The number of hydrogen-bond acceptors (Lipinski definition) is 2. The summed E-state index contributed by atoms with van der Waals surface area (Å²) in [5.41, 5.74) is 25.3. The third-order valence-electron chi connectivity index (χ3n) is 9.41. The van der Waals surface area contributed by atoms with Gasteiger partial charge in [0.25, 0.3) is 0 Å². The summed E-state index contributed by atoms with van der Waals surface area (Å²) in [4.78, 5) is 0. The van der Waals surface area contributed by atoms with Crippen LogP contribution in [0.15, 0.2) is 84.9 Å². The van der Waals surface area contributed by atoms with Crippen LogP contribution >= 0.6 is 0 Å². The molecule has 4 aromatic carbocycles. The maximum atomic E-state index is 6.22. The normalized spacial score (nSPS) is 15.2. The molecular formula is C39H48N2. The van der Waals surface area contributed by atoms with Crippen molar-refractivity contribution in [2.45, 2.75) is 90.4 Å². The van der Waals surface area contributed by atoms with Crippen LogP contribution in [-0.2, 0) is 31.1 Å². The fraction of sp³-hybridized carbons (Fsp3) is 0.385. The summed E-state index contributed by atoms with van der Waals surface area (Å²) < 4.78 is 0. The molecule has 0 bridgehead atoms. The van der Waals surface area contributed by atoms with Crippen LogP contribution in [0.1, 0.15) is 104 Å². The molecule has 0 heterocycles. The zero-order valence-corrected chi connectivity index (χ0v) is 25.4. The Bertz CT molecular complexity index is 1320. The number of nitrogens with two attached hydrogens (primary N) is 2. The summed E-state index contributed by atoms with van der Waals surface area (Å²) in [5, 5.41) is 0. The van der Waals surface area contributed by atoms with Crippen LogP contribution in [-0.4, -0.2) is 0 Å². The predicted molar refractivity (Wildman–Crippen MR) is 177 cm³/mol. The van der Waals surface area contributed by atoms with Crippen molar-refractivity contribution in [2.24, 2.45) is 5.92 Å². The lowest BCUT2D eigenvalue weighted by Crippen LogP contribution is -2.32. The lowest BCUT2D eigenvalue weighted by atomic mass is 9.63. The largest absolute Gasteiger partial charge is 0.399 e. The van der Waals surface area contributed by atoms with E-state index in [-0.39, 0.29) is 5.41 Å². The Morgan fingerprint density at radius 3 is 1.37 bits per heavy atom. The van der Waals surface area contributed by atoms with Gasteiger partial charge >= 0.3 is 0 Å². The van der Waals surface area contributed by atoms with E-state index in [2.05, 4.69) is 106 Å². The van der Waals surface area contributed by atoms with Crippen molar-refractivity contribution < 1.29 is 0 Å². The molecule has 4 N–H and O–H groups in total. The molecule has 0 unspecified atom stereocenters. The van der Waals surface area contributed by atoms with Crippen molar-refractivity contribution in [3.63, 3.8) is 0 Å². The molecule has 5 rings (SSSR count). The minimum atomic E-state index is 0.0918. The highest BCUT2D eigenvalue weighted by molar-refractivity contribution is 5.51. The number of aryl methyl sites for hydroxylation is 2. The highest BCUT2D eigenvalue weighted by atomic mass is 14.6. The lowest BCUT2D eigenvalue weighted by Gasteiger charge is -2.41. The van der Waals surface area contributed by atoms with Crippen LogP contribution in [0.5, 0.6) is 0 Å². The molecule has 1 saturated carbocycles. The van der Waals surface area contributed by atoms with E-state index in [0.29, 0.717) is 0 Å². The van der Waals surface area contributed by atoms with Gasteiger partial charge in [-0.2, -0.15) is 0 Å². The molecule has 0 spiro atoms. The molecule has 2 heteroatoms. The molecule has 0 aromatic heterocycles. The first-order valence-corrected chi connectivity index (χ1v) is 15.8. The van der Waals surface area contributed by atoms with Crippen molar-refractivity contribution >= 4 is 11.4 Å². The highest BCUT2D eigenvalue weighted by Crippen LogP contribution is 2.46. The van der Waals surface area contributed by atoms with E-state index in [1.807, 2.05) is 0 Å². The Morgan fingerprint density at radius 2 is 0.976 bits per heavy atom. The summed E-state index contributed by atoms with van der Waals surface area (Å²) in [6, 6.07) is 32.2. The van der Waals surface area contributed by atoms with E-state index >= 15 is 0 Å². The van der Waals surface area contributed by atoms with Gasteiger partial charge in [0.05, 0.1) is 0 Å². The number of rotatable bonds is 10. The molecule has 1 fully saturated rings. The van der Waals surface area contributed by atoms with E-state index in [1.54, 1.807) is 0 Å². The van der Waals surface area contributed by atoms with Gasteiger partial charge in [-0.1, -0.05) is 106 Å². The second kappa shape index (κ2) is 13.0. The second-order valence-electron chi connectivity index (χ2n) is 12.6. The van der Waals surface area contributed by atoms with Crippen LogP contribution in [0, 0.1) is 5.92 Å². The molecular weight excluding hydrogens is 496 g/mol. The van der Waals surface area contributed by atoms with Gasteiger partial charge in [-0.3, -0.25) is 0 Å². The summed E-state index contributed by atoms with van der Waals surface area (Å²) in [6.07, 6.45) is 11.2. The minimum Gasteiger partial charge on any atom is -0.399 e. The van der Waals surface area contributed by atoms with Gasteiger partial charge in [0, 0.05) is 16.8 Å². The van der Waals surface area contributed by atoms with E-state index in [0.717, 1.165) is 55.8 Å². The first kappa shape index (κ1) is 29.0. The molecule has 1 aliphatic rings. The average molecular weight is 545 g/mol. The number of anilines is 2. The summed E-state index contributed by atoms with van der Waals surface area (Å²) in [6.45, 7) is 6.83. The zero-order chi connectivity index (χ0) is 28.8. The number of hydrogen-bond donors (Lipinski definition) is 2. The summed E-state index contributed by atoms with van der Waals surface area (Å²) in [5.74, 6) is 0.798. The van der Waals surface area contributed by atoms with Crippen molar-refractivity contribution in [2.75, 3.05) is 11.5 Å². The van der Waals surface area contributed by atoms with Crippen LogP contribution in [0.2, 0.25) is 0 Å². The third-order valence-corrected chi connectivity index (χ3v) is 9.41. The van der Waals surface area contributed by atoms with E-state index in [1.165, 1.54) is 70.2 Å². The fourth-order valence-corrected chi connectivity index (χ4v) is 6.86. The molecule has 0 atom stereocenters. The molecule has 41 heavy (non-hydrogen) atoms. The van der Waals surface area contributed by atoms with E-state index in [4.69, 9.17) is 11.5 Å². The quantitative estimate of drug-likeness (QED) is 0.195. The highest BCUT2D eigenvalue weighted by Gasteiger charge is 2.37. The van der Waals surface area contributed by atoms with Crippen molar-refractivity contribution in [1.29, 1.82) is 0 Å². The standard InChI is InChI=1S/C39H48N2/c1-4-6-33-26-31(12-18-37(33)40)24-29-8-14-35(15-9-29)39(22-20-28(3)21-23-39)36-16-10-30(11-17-36)25-32-13-19-38(41)34(27-32)7-5-2/h8-19,26-28H,4-7,20-25,40-41H2,1-3H3. The monoisotopic (exact) mass is 544 g/mol. The third kappa shape index (κ3) is 6.70. The Morgan fingerprint density at radius 1 is 0.585 bits per heavy atom. The Labute approximate surface area is 248 Å². The van der Waals surface area contributed by atoms with Gasteiger partial charge in [-0.15, -0.1) is 0 Å². The zero-order valence-electron chi connectivity index (χ0n) is 25.4. The van der Waals surface area contributed by atoms with Gasteiger partial charge in [-0.25, -0.2) is 0 Å². The topological polar surface area (TPSA) is 52.0 Å². The molecule has 0 saturated heterocycles. The molecule has 2 nitrogen and oxygen atoms in total.